The predicted molar refractivity (Wildman–Crippen MR) is 46.3 cm³/mol. The smallest absolute Gasteiger partial charge is 0.385 e. The molecule has 0 aliphatic carbocycles. The monoisotopic (exact) mass is 204 g/mol. The van der Waals surface area contributed by atoms with E-state index in [0.717, 1.165) is 6.07 Å². The van der Waals surface area contributed by atoms with Gasteiger partial charge in [-0.3, -0.25) is 4.79 Å². The van der Waals surface area contributed by atoms with Gasteiger partial charge in [0.2, 0.25) is 11.2 Å². The SMILES string of the molecule is Cc1occc(=O)c1OP(N)(N)=O. The quantitative estimate of drug-likeness (QED) is 0.673. The molecule has 1 aromatic rings. The lowest BCUT2D eigenvalue weighted by Gasteiger charge is -2.08. The van der Waals surface area contributed by atoms with Gasteiger partial charge >= 0.3 is 7.67 Å². The largest absolute Gasteiger partial charge is 0.465 e. The Morgan fingerprint density at radius 2 is 2.15 bits per heavy atom. The summed E-state index contributed by atoms with van der Waals surface area (Å²) in [4.78, 5) is 11.1. The summed E-state index contributed by atoms with van der Waals surface area (Å²) in [6, 6.07) is 1.12. The Morgan fingerprint density at radius 1 is 1.54 bits per heavy atom. The molecule has 0 amide bonds. The molecule has 72 valence electrons. The van der Waals surface area contributed by atoms with Gasteiger partial charge in [0.05, 0.1) is 6.26 Å². The van der Waals surface area contributed by atoms with Gasteiger partial charge in [-0.2, -0.15) is 0 Å². The second kappa shape index (κ2) is 3.33. The van der Waals surface area contributed by atoms with Gasteiger partial charge < -0.3 is 8.94 Å². The highest BCUT2D eigenvalue weighted by atomic mass is 31.2. The highest BCUT2D eigenvalue weighted by Crippen LogP contribution is 2.29. The van der Waals surface area contributed by atoms with E-state index in [4.69, 9.17) is 15.4 Å². The number of rotatable bonds is 2. The molecule has 0 fully saturated rings. The van der Waals surface area contributed by atoms with Crippen LogP contribution in [0, 0.1) is 6.92 Å². The topological polar surface area (TPSA) is 109 Å². The molecule has 0 bridgehead atoms. The Labute approximate surface area is 74.0 Å². The Hall–Kier alpha value is -1.10. The molecule has 0 unspecified atom stereocenters. The first-order chi connectivity index (χ1) is 5.90. The second-order valence-corrected chi connectivity index (χ2v) is 3.88. The van der Waals surface area contributed by atoms with Crippen LogP contribution in [0.25, 0.3) is 0 Å². The van der Waals surface area contributed by atoms with Gasteiger partial charge in [0, 0.05) is 6.07 Å². The van der Waals surface area contributed by atoms with E-state index in [9.17, 15) is 9.36 Å². The van der Waals surface area contributed by atoms with Crippen LogP contribution in [0.4, 0.5) is 0 Å². The molecule has 1 heterocycles. The summed E-state index contributed by atoms with van der Waals surface area (Å²) in [6.45, 7) is 1.48. The molecule has 6 nitrogen and oxygen atoms in total. The molecule has 0 aromatic carbocycles. The van der Waals surface area contributed by atoms with E-state index < -0.39 is 13.1 Å². The zero-order chi connectivity index (χ0) is 10.1. The van der Waals surface area contributed by atoms with Crippen molar-refractivity contribution in [2.24, 2.45) is 11.0 Å². The zero-order valence-electron chi connectivity index (χ0n) is 6.89. The summed E-state index contributed by atoms with van der Waals surface area (Å²) in [5.41, 5.74) is 9.40. The Morgan fingerprint density at radius 3 is 2.62 bits per heavy atom. The molecule has 0 aliphatic heterocycles. The first-order valence-electron chi connectivity index (χ1n) is 3.35. The fourth-order valence-corrected chi connectivity index (χ4v) is 1.26. The summed E-state index contributed by atoms with van der Waals surface area (Å²) < 4.78 is 20.2. The third kappa shape index (κ3) is 2.69. The number of aryl methyl sites for hydroxylation is 1. The van der Waals surface area contributed by atoms with Crippen molar-refractivity contribution < 1.29 is 13.5 Å². The van der Waals surface area contributed by atoms with Crippen molar-refractivity contribution in [2.45, 2.75) is 6.92 Å². The van der Waals surface area contributed by atoms with Crippen LogP contribution in [0.15, 0.2) is 21.5 Å². The molecule has 1 rings (SSSR count). The molecular weight excluding hydrogens is 195 g/mol. The van der Waals surface area contributed by atoms with E-state index in [1.165, 1.54) is 13.2 Å². The van der Waals surface area contributed by atoms with Crippen molar-refractivity contribution in [3.8, 4) is 5.75 Å². The van der Waals surface area contributed by atoms with Crippen molar-refractivity contribution in [3.63, 3.8) is 0 Å². The standard InChI is InChI=1S/C6H9N2O4P/c1-4-6(12-13(7,8)10)5(9)2-3-11-4/h2-3H,1H3,(H4,7,8,10). The third-order valence-electron chi connectivity index (χ3n) is 1.24. The summed E-state index contributed by atoms with van der Waals surface area (Å²) in [7, 11) is -3.70. The first kappa shape index (κ1) is 9.98. The van der Waals surface area contributed by atoms with Crippen LogP contribution in [-0.2, 0) is 4.57 Å². The van der Waals surface area contributed by atoms with Crippen molar-refractivity contribution in [1.29, 1.82) is 0 Å². The van der Waals surface area contributed by atoms with Crippen LogP contribution in [-0.4, -0.2) is 0 Å². The average molecular weight is 204 g/mol. The molecule has 0 radical (unpaired) electrons. The third-order valence-corrected chi connectivity index (χ3v) is 1.71. The van der Waals surface area contributed by atoms with Crippen molar-refractivity contribution in [1.82, 2.24) is 0 Å². The minimum Gasteiger partial charge on any atom is -0.465 e. The van der Waals surface area contributed by atoms with Crippen molar-refractivity contribution in [2.75, 3.05) is 0 Å². The van der Waals surface area contributed by atoms with E-state index in [-0.39, 0.29) is 11.5 Å². The van der Waals surface area contributed by atoms with Crippen LogP contribution in [0.5, 0.6) is 5.75 Å². The summed E-state index contributed by atoms with van der Waals surface area (Å²) >= 11 is 0. The van der Waals surface area contributed by atoms with Gasteiger partial charge in [-0.15, -0.1) is 0 Å². The lowest BCUT2D eigenvalue weighted by molar-refractivity contribution is 0.440. The van der Waals surface area contributed by atoms with E-state index in [0.29, 0.717) is 0 Å². The zero-order valence-corrected chi connectivity index (χ0v) is 7.78. The molecule has 0 atom stereocenters. The summed E-state index contributed by atoms with van der Waals surface area (Å²) in [5.74, 6) is -0.0283. The highest BCUT2D eigenvalue weighted by molar-refractivity contribution is 7.54. The maximum absolute atomic E-state index is 11.1. The lowest BCUT2D eigenvalue weighted by atomic mass is 10.4. The van der Waals surface area contributed by atoms with Crippen LogP contribution in [0.1, 0.15) is 5.76 Å². The van der Waals surface area contributed by atoms with E-state index in [2.05, 4.69) is 4.52 Å². The van der Waals surface area contributed by atoms with Gasteiger partial charge in [-0.1, -0.05) is 0 Å². The van der Waals surface area contributed by atoms with Gasteiger partial charge in [0.1, 0.15) is 5.76 Å². The van der Waals surface area contributed by atoms with Crippen molar-refractivity contribution in [3.05, 3.63) is 28.3 Å². The van der Waals surface area contributed by atoms with Gasteiger partial charge in [0.25, 0.3) is 0 Å². The average Bonchev–Trinajstić information content (AvgIpc) is 1.95. The Kier molecular flexibility index (Phi) is 2.56. The number of hydrogen-bond donors (Lipinski definition) is 2. The molecule has 1 aromatic heterocycles. The molecule has 13 heavy (non-hydrogen) atoms. The predicted octanol–water partition coefficient (Wildman–Crippen LogP) is 0.353. The highest BCUT2D eigenvalue weighted by Gasteiger charge is 2.16. The molecular formula is C6H9N2O4P. The number of hydrogen-bond acceptors (Lipinski definition) is 4. The summed E-state index contributed by atoms with van der Waals surface area (Å²) in [5, 5.41) is 0. The molecule has 7 heteroatoms. The van der Waals surface area contributed by atoms with E-state index >= 15 is 0 Å². The Bertz CT molecular complexity index is 407. The van der Waals surface area contributed by atoms with Crippen molar-refractivity contribution >= 4 is 7.67 Å². The number of nitrogens with two attached hydrogens (primary N) is 2. The molecule has 0 aliphatic rings. The minimum atomic E-state index is -3.70. The molecule has 4 N–H and O–H groups in total. The normalized spacial score (nSPS) is 11.3. The van der Waals surface area contributed by atoms with Gasteiger partial charge in [0.15, 0.2) is 0 Å². The van der Waals surface area contributed by atoms with Crippen LogP contribution in [0.3, 0.4) is 0 Å². The minimum absolute atomic E-state index is 0.184. The van der Waals surface area contributed by atoms with Crippen LogP contribution < -0.4 is 21.0 Å². The van der Waals surface area contributed by atoms with Crippen LogP contribution in [0.2, 0.25) is 0 Å². The maximum atomic E-state index is 11.1. The Balaban J connectivity index is 3.15. The van der Waals surface area contributed by atoms with E-state index in [1.54, 1.807) is 0 Å². The maximum Gasteiger partial charge on any atom is 0.385 e. The fourth-order valence-electron chi connectivity index (χ4n) is 0.753. The first-order valence-corrected chi connectivity index (χ1v) is 5.11. The fraction of sp³-hybridized carbons (Fsp3) is 0.167. The van der Waals surface area contributed by atoms with Gasteiger partial charge in [-0.05, 0) is 6.92 Å². The molecule has 0 saturated carbocycles. The van der Waals surface area contributed by atoms with E-state index in [1.807, 2.05) is 0 Å². The summed E-state index contributed by atoms with van der Waals surface area (Å²) in [6.07, 6.45) is 1.20. The lowest BCUT2D eigenvalue weighted by Crippen LogP contribution is -2.15. The molecule has 0 spiro atoms. The van der Waals surface area contributed by atoms with Gasteiger partial charge in [-0.25, -0.2) is 15.6 Å². The molecule has 0 saturated heterocycles. The second-order valence-electron chi connectivity index (χ2n) is 2.41. The van der Waals surface area contributed by atoms with Crippen LogP contribution >= 0.6 is 7.67 Å².